The molecule has 1 atom stereocenters. The molecule has 4 heterocycles. The molecule has 0 bridgehead atoms. The van der Waals surface area contributed by atoms with Crippen LogP contribution in [0.25, 0.3) is 16.9 Å². The first kappa shape index (κ1) is 23.9. The largest absolute Gasteiger partial charge is 0.417 e. The number of amides is 2. The summed E-state index contributed by atoms with van der Waals surface area (Å²) in [5.41, 5.74) is 5.84. The minimum absolute atomic E-state index is 0.0208. The molecule has 38 heavy (non-hydrogen) atoms. The van der Waals surface area contributed by atoms with E-state index < -0.39 is 23.6 Å². The lowest BCUT2D eigenvalue weighted by Crippen LogP contribution is -2.35. The van der Waals surface area contributed by atoms with Crippen molar-refractivity contribution >= 4 is 29.0 Å². The summed E-state index contributed by atoms with van der Waals surface area (Å²) < 4.78 is 43.8. The topological polar surface area (TPSA) is 119 Å². The molecule has 9 nitrogen and oxygen atoms in total. The molecule has 1 aromatic carbocycles. The van der Waals surface area contributed by atoms with Gasteiger partial charge in [-0.15, -0.1) is 5.10 Å². The highest BCUT2D eigenvalue weighted by molar-refractivity contribution is 6.11. The number of nitrogens with one attached hydrogen (secondary N) is 1. The maximum Gasteiger partial charge on any atom is 0.417 e. The van der Waals surface area contributed by atoms with E-state index in [1.807, 2.05) is 6.92 Å². The van der Waals surface area contributed by atoms with Crippen LogP contribution in [0.3, 0.4) is 0 Å². The molecule has 12 heteroatoms. The molecule has 0 saturated heterocycles. The smallest absolute Gasteiger partial charge is 0.381 e. The van der Waals surface area contributed by atoms with Crippen LogP contribution < -0.4 is 11.1 Å². The summed E-state index contributed by atoms with van der Waals surface area (Å²) in [5, 5.41) is 6.78. The molecule has 3 N–H and O–H groups in total. The highest BCUT2D eigenvalue weighted by Crippen LogP contribution is 2.43. The monoisotopic (exact) mass is 521 g/mol. The third-order valence-electron chi connectivity index (χ3n) is 7.09. The molecule has 4 aromatic rings. The number of nitrogen functional groups attached to an aromatic ring is 1. The lowest BCUT2D eigenvalue weighted by Gasteiger charge is -2.24. The molecule has 6 rings (SSSR count). The van der Waals surface area contributed by atoms with Gasteiger partial charge in [-0.05, 0) is 61.6 Å². The van der Waals surface area contributed by atoms with Crippen molar-refractivity contribution in [1.82, 2.24) is 24.5 Å². The molecular formula is C26H22F3N7O2. The zero-order chi connectivity index (χ0) is 26.8. The third-order valence-corrected chi connectivity index (χ3v) is 7.09. The minimum atomic E-state index is -4.74. The summed E-state index contributed by atoms with van der Waals surface area (Å²) in [5.74, 6) is -0.957. The number of carbonyl (C=O) groups is 2. The van der Waals surface area contributed by atoms with Gasteiger partial charge in [0.25, 0.3) is 11.8 Å². The molecule has 0 radical (unpaired) electrons. The maximum absolute atomic E-state index is 14.2. The molecule has 1 unspecified atom stereocenters. The predicted octanol–water partition coefficient (Wildman–Crippen LogP) is 4.40. The number of nitrogens with two attached hydrogens (primary N) is 1. The number of halogens is 3. The number of aromatic nitrogens is 4. The van der Waals surface area contributed by atoms with Gasteiger partial charge in [-0.3, -0.25) is 14.6 Å². The maximum atomic E-state index is 14.2. The normalized spacial score (nSPS) is 16.1. The van der Waals surface area contributed by atoms with E-state index in [0.29, 0.717) is 17.2 Å². The van der Waals surface area contributed by atoms with Gasteiger partial charge in [0.05, 0.1) is 28.7 Å². The van der Waals surface area contributed by atoms with Crippen molar-refractivity contribution in [3.8, 4) is 11.3 Å². The van der Waals surface area contributed by atoms with E-state index in [0.717, 1.165) is 18.9 Å². The van der Waals surface area contributed by atoms with Crippen LogP contribution in [0, 0.1) is 5.92 Å². The molecule has 1 aliphatic carbocycles. The van der Waals surface area contributed by atoms with Crippen molar-refractivity contribution in [3.63, 3.8) is 0 Å². The Hall–Kier alpha value is -4.48. The van der Waals surface area contributed by atoms with Gasteiger partial charge in [0, 0.05) is 30.5 Å². The van der Waals surface area contributed by atoms with E-state index in [4.69, 9.17) is 5.73 Å². The molecule has 0 spiro atoms. The molecule has 1 saturated carbocycles. The van der Waals surface area contributed by atoms with Crippen LogP contribution in [0.15, 0.2) is 48.9 Å². The first-order valence-corrected chi connectivity index (χ1v) is 12.0. The average molecular weight is 522 g/mol. The second-order valence-electron chi connectivity index (χ2n) is 9.60. The number of anilines is 2. The highest BCUT2D eigenvalue weighted by atomic mass is 19.4. The van der Waals surface area contributed by atoms with Gasteiger partial charge < -0.3 is 16.0 Å². The van der Waals surface area contributed by atoms with Crippen LogP contribution >= 0.6 is 0 Å². The molecular weight excluding hydrogens is 499 g/mol. The number of nitrogens with zero attached hydrogens (tertiary/aromatic N) is 5. The first-order chi connectivity index (χ1) is 18.1. The zero-order valence-corrected chi connectivity index (χ0v) is 20.2. The Morgan fingerprint density at radius 1 is 1.24 bits per heavy atom. The Bertz CT molecular complexity index is 1600. The third kappa shape index (κ3) is 4.01. The van der Waals surface area contributed by atoms with Crippen LogP contribution in [0.1, 0.15) is 51.6 Å². The average Bonchev–Trinajstić information content (AvgIpc) is 3.60. The Labute approximate surface area is 214 Å². The summed E-state index contributed by atoms with van der Waals surface area (Å²) >= 11 is 0. The second kappa shape index (κ2) is 8.54. The van der Waals surface area contributed by atoms with Gasteiger partial charge in [-0.25, -0.2) is 9.50 Å². The number of alkyl halides is 3. The standard InChI is InChI=1S/C26H22F3N7O2/c1-13(14-4-5-14)35-12-16-9-15(10-18(26(27,28)29)20(16)25(35)38)19-6-8-36-23(33-19)21(22(30)34-36)24(37)32-17-3-2-7-31-11-17/h2-3,6-11,13-14H,4-5,12H2,1H3,(H2,30,34)(H,32,37). The van der Waals surface area contributed by atoms with Gasteiger partial charge in [-0.1, -0.05) is 0 Å². The van der Waals surface area contributed by atoms with Crippen molar-refractivity contribution in [2.24, 2.45) is 5.92 Å². The van der Waals surface area contributed by atoms with Crippen molar-refractivity contribution < 1.29 is 22.8 Å². The number of fused-ring (bicyclic) bond motifs is 2. The molecule has 1 aliphatic heterocycles. The number of rotatable bonds is 5. The van der Waals surface area contributed by atoms with E-state index in [9.17, 15) is 22.8 Å². The van der Waals surface area contributed by atoms with Crippen molar-refractivity contribution in [3.05, 3.63) is 71.2 Å². The van der Waals surface area contributed by atoms with Gasteiger partial charge in [0.2, 0.25) is 0 Å². The minimum Gasteiger partial charge on any atom is -0.381 e. The Kier molecular flexibility index (Phi) is 5.37. The Balaban J connectivity index is 1.42. The Morgan fingerprint density at radius 3 is 2.71 bits per heavy atom. The molecule has 194 valence electrons. The van der Waals surface area contributed by atoms with Crippen molar-refractivity contribution in [2.45, 2.75) is 38.5 Å². The van der Waals surface area contributed by atoms with Gasteiger partial charge >= 0.3 is 6.18 Å². The summed E-state index contributed by atoms with van der Waals surface area (Å²) in [4.78, 5) is 36.0. The molecule has 3 aromatic heterocycles. The number of pyridine rings is 1. The number of carbonyl (C=O) groups excluding carboxylic acids is 2. The summed E-state index contributed by atoms with van der Waals surface area (Å²) in [7, 11) is 0. The number of hydrogen-bond donors (Lipinski definition) is 2. The van der Waals surface area contributed by atoms with Gasteiger partial charge in [0.15, 0.2) is 11.5 Å². The molecule has 2 aliphatic rings. The van der Waals surface area contributed by atoms with Crippen LogP contribution in [-0.4, -0.2) is 42.3 Å². The lowest BCUT2D eigenvalue weighted by molar-refractivity contribution is -0.137. The van der Waals surface area contributed by atoms with Gasteiger partial charge in [0.1, 0.15) is 5.56 Å². The summed E-state index contributed by atoms with van der Waals surface area (Å²) in [6.07, 6.45) is 1.67. The van der Waals surface area contributed by atoms with E-state index >= 15 is 0 Å². The van der Waals surface area contributed by atoms with E-state index in [1.54, 1.807) is 24.4 Å². The molecule has 1 fully saturated rings. The summed E-state index contributed by atoms with van der Waals surface area (Å²) in [6, 6.07) is 7.15. The van der Waals surface area contributed by atoms with Crippen LogP contribution in [0.5, 0.6) is 0 Å². The SMILES string of the molecule is CC(C1CC1)N1Cc2cc(-c3ccn4nc(N)c(C(=O)Nc5cccnc5)c4n3)cc(C(F)(F)F)c2C1=O. The van der Waals surface area contributed by atoms with E-state index in [1.165, 1.54) is 27.9 Å². The fourth-order valence-electron chi connectivity index (χ4n) is 4.97. The fourth-order valence-corrected chi connectivity index (χ4v) is 4.97. The number of hydrogen-bond acceptors (Lipinski definition) is 6. The summed E-state index contributed by atoms with van der Waals surface area (Å²) in [6.45, 7) is 1.98. The second-order valence-corrected chi connectivity index (χ2v) is 9.60. The quantitative estimate of drug-likeness (QED) is 0.402. The predicted molar refractivity (Wildman–Crippen MR) is 132 cm³/mol. The van der Waals surface area contributed by atoms with Gasteiger partial charge in [-0.2, -0.15) is 13.2 Å². The molecule has 2 amide bonds. The first-order valence-electron chi connectivity index (χ1n) is 12.0. The van der Waals surface area contributed by atoms with Crippen LogP contribution in [-0.2, 0) is 12.7 Å². The zero-order valence-electron chi connectivity index (χ0n) is 20.2. The van der Waals surface area contributed by atoms with E-state index in [2.05, 4.69) is 20.4 Å². The fraction of sp³-hybridized carbons (Fsp3) is 0.269. The van der Waals surface area contributed by atoms with Crippen LogP contribution in [0.4, 0.5) is 24.7 Å². The highest BCUT2D eigenvalue weighted by Gasteiger charge is 2.44. The van der Waals surface area contributed by atoms with Crippen molar-refractivity contribution in [2.75, 3.05) is 11.1 Å². The van der Waals surface area contributed by atoms with Crippen molar-refractivity contribution in [1.29, 1.82) is 0 Å². The number of benzene rings is 1. The Morgan fingerprint density at radius 2 is 2.03 bits per heavy atom. The van der Waals surface area contributed by atoms with Crippen LogP contribution in [0.2, 0.25) is 0 Å². The van der Waals surface area contributed by atoms with E-state index in [-0.39, 0.29) is 46.4 Å². The lowest BCUT2D eigenvalue weighted by atomic mass is 9.97.